The van der Waals surface area contributed by atoms with Gasteiger partial charge in [0.25, 0.3) is 5.70 Å². The van der Waals surface area contributed by atoms with E-state index in [4.69, 9.17) is 0 Å². The van der Waals surface area contributed by atoms with Crippen molar-refractivity contribution in [2.24, 2.45) is 11.3 Å². The van der Waals surface area contributed by atoms with E-state index in [1.54, 1.807) is 20.8 Å². The van der Waals surface area contributed by atoms with Gasteiger partial charge in [-0.25, -0.2) is 0 Å². The molecule has 1 aliphatic carbocycles. The van der Waals surface area contributed by atoms with Crippen molar-refractivity contribution in [2.75, 3.05) is 0 Å². The normalized spacial score (nSPS) is 23.1. The quantitative estimate of drug-likeness (QED) is 0.434. The van der Waals surface area contributed by atoms with Crippen LogP contribution in [0.5, 0.6) is 0 Å². The second-order valence-corrected chi connectivity index (χ2v) is 4.72. The number of carbonyl (C=O) groups excluding carboxylic acids is 2. The van der Waals surface area contributed by atoms with Crippen LogP contribution in [0.1, 0.15) is 20.8 Å². The Morgan fingerprint density at radius 2 is 2.11 bits per heavy atom. The SMILES string of the molecule is CC(C)C(=O)C1(C)C=CC(C=O)=CC([N+](=O)[O-])=C1. The summed E-state index contributed by atoms with van der Waals surface area (Å²) in [5.74, 6) is -0.375. The first kappa shape index (κ1) is 14.0. The fraction of sp³-hybridized carbons (Fsp3) is 0.385. The number of aldehydes is 1. The third-order valence-corrected chi connectivity index (χ3v) is 2.79. The van der Waals surface area contributed by atoms with Crippen molar-refractivity contribution in [3.8, 4) is 0 Å². The van der Waals surface area contributed by atoms with Gasteiger partial charge in [0, 0.05) is 23.6 Å². The lowest BCUT2D eigenvalue weighted by Crippen LogP contribution is -2.28. The van der Waals surface area contributed by atoms with Gasteiger partial charge in [-0.05, 0) is 6.92 Å². The highest BCUT2D eigenvalue weighted by Gasteiger charge is 2.33. The van der Waals surface area contributed by atoms with Gasteiger partial charge in [0.05, 0.1) is 10.3 Å². The van der Waals surface area contributed by atoms with E-state index in [-0.39, 0.29) is 23.0 Å². The number of ketones is 1. The second-order valence-electron chi connectivity index (χ2n) is 4.72. The lowest BCUT2D eigenvalue weighted by atomic mass is 9.80. The number of nitro groups is 1. The summed E-state index contributed by atoms with van der Waals surface area (Å²) >= 11 is 0. The summed E-state index contributed by atoms with van der Waals surface area (Å²) in [5, 5.41) is 10.9. The number of hydrogen-bond donors (Lipinski definition) is 0. The molecule has 0 N–H and O–H groups in total. The van der Waals surface area contributed by atoms with E-state index in [0.29, 0.717) is 6.29 Å². The summed E-state index contributed by atoms with van der Waals surface area (Å²) in [7, 11) is 0. The van der Waals surface area contributed by atoms with Crippen LogP contribution in [0.3, 0.4) is 0 Å². The topological polar surface area (TPSA) is 77.3 Å². The highest BCUT2D eigenvalue weighted by Crippen LogP contribution is 2.30. The maximum absolute atomic E-state index is 12.1. The number of nitrogens with zero attached hydrogens (tertiary/aromatic N) is 1. The summed E-state index contributed by atoms with van der Waals surface area (Å²) in [4.78, 5) is 33.1. The summed E-state index contributed by atoms with van der Waals surface area (Å²) in [6.07, 6.45) is 5.97. The van der Waals surface area contributed by atoms with Crippen molar-refractivity contribution < 1.29 is 14.5 Å². The molecule has 1 unspecified atom stereocenters. The van der Waals surface area contributed by atoms with Gasteiger partial charge in [-0.3, -0.25) is 19.7 Å². The highest BCUT2D eigenvalue weighted by molar-refractivity contribution is 5.91. The zero-order chi connectivity index (χ0) is 13.9. The van der Waals surface area contributed by atoms with Gasteiger partial charge in [0.1, 0.15) is 12.1 Å². The Bertz CT molecular complexity index is 485. The van der Waals surface area contributed by atoms with Gasteiger partial charge in [0.2, 0.25) is 0 Å². The van der Waals surface area contributed by atoms with E-state index in [0.717, 1.165) is 0 Å². The lowest BCUT2D eigenvalue weighted by Gasteiger charge is -2.21. The number of hydrogen-bond acceptors (Lipinski definition) is 4. The third-order valence-electron chi connectivity index (χ3n) is 2.79. The van der Waals surface area contributed by atoms with E-state index < -0.39 is 10.3 Å². The maximum atomic E-state index is 12.1. The Morgan fingerprint density at radius 1 is 1.50 bits per heavy atom. The Labute approximate surface area is 105 Å². The van der Waals surface area contributed by atoms with Gasteiger partial charge in [0.15, 0.2) is 0 Å². The molecule has 5 nitrogen and oxygen atoms in total. The first-order valence-electron chi connectivity index (χ1n) is 5.58. The van der Waals surface area contributed by atoms with Crippen LogP contribution in [0.2, 0.25) is 0 Å². The van der Waals surface area contributed by atoms with Crippen LogP contribution in [0, 0.1) is 21.4 Å². The molecule has 0 fully saturated rings. The number of allylic oxidation sites excluding steroid dienone is 5. The van der Waals surface area contributed by atoms with Gasteiger partial charge in [-0.1, -0.05) is 26.0 Å². The average molecular weight is 249 g/mol. The van der Waals surface area contributed by atoms with Crippen LogP contribution >= 0.6 is 0 Å². The minimum atomic E-state index is -1.06. The predicted octanol–water partition coefficient (Wildman–Crippen LogP) is 2.07. The van der Waals surface area contributed by atoms with Crippen molar-refractivity contribution >= 4 is 12.1 Å². The summed E-state index contributed by atoms with van der Waals surface area (Å²) in [6, 6.07) is 0. The molecule has 0 radical (unpaired) electrons. The van der Waals surface area contributed by atoms with Gasteiger partial charge in [-0.15, -0.1) is 0 Å². The van der Waals surface area contributed by atoms with Crippen molar-refractivity contribution in [1.82, 2.24) is 0 Å². The van der Waals surface area contributed by atoms with Gasteiger partial charge >= 0.3 is 0 Å². The van der Waals surface area contributed by atoms with Crippen molar-refractivity contribution in [3.05, 3.63) is 45.7 Å². The first-order chi connectivity index (χ1) is 8.30. The van der Waals surface area contributed by atoms with E-state index in [9.17, 15) is 19.7 Å². The zero-order valence-corrected chi connectivity index (χ0v) is 10.5. The molecule has 0 amide bonds. The van der Waals surface area contributed by atoms with Crippen molar-refractivity contribution in [3.63, 3.8) is 0 Å². The molecule has 1 rings (SSSR count). The minimum Gasteiger partial charge on any atom is -0.298 e. The Morgan fingerprint density at radius 3 is 2.56 bits per heavy atom. The van der Waals surface area contributed by atoms with Crippen LogP contribution in [0.25, 0.3) is 0 Å². The first-order valence-corrected chi connectivity index (χ1v) is 5.58. The van der Waals surface area contributed by atoms with Crippen LogP contribution < -0.4 is 0 Å². The van der Waals surface area contributed by atoms with Crippen molar-refractivity contribution in [2.45, 2.75) is 20.8 Å². The van der Waals surface area contributed by atoms with Crippen LogP contribution in [0.15, 0.2) is 35.6 Å². The van der Waals surface area contributed by atoms with Crippen LogP contribution in [-0.2, 0) is 9.59 Å². The summed E-state index contributed by atoms with van der Waals surface area (Å²) in [6.45, 7) is 5.08. The fourth-order valence-electron chi connectivity index (χ4n) is 1.84. The molecule has 0 aliphatic heterocycles. The number of carbonyl (C=O) groups is 2. The molecule has 18 heavy (non-hydrogen) atoms. The largest absolute Gasteiger partial charge is 0.298 e. The molecule has 0 aromatic rings. The second kappa shape index (κ2) is 5.08. The molecule has 1 atom stereocenters. The fourth-order valence-corrected chi connectivity index (χ4v) is 1.84. The Balaban J connectivity index is 3.33. The molecule has 0 bridgehead atoms. The van der Waals surface area contributed by atoms with E-state index in [1.165, 1.54) is 24.3 Å². The zero-order valence-electron chi connectivity index (χ0n) is 10.5. The lowest BCUT2D eigenvalue weighted by molar-refractivity contribution is -0.419. The highest BCUT2D eigenvalue weighted by atomic mass is 16.6. The monoisotopic (exact) mass is 249 g/mol. The third kappa shape index (κ3) is 2.80. The standard InChI is InChI=1S/C13H15NO4/c1-9(2)12(16)13(3)5-4-10(8-15)6-11(7-13)14(17)18/h4-9H,1-3H3. The predicted molar refractivity (Wildman–Crippen MR) is 66.3 cm³/mol. The maximum Gasteiger partial charge on any atom is 0.267 e. The van der Waals surface area contributed by atoms with Crippen molar-refractivity contribution in [1.29, 1.82) is 0 Å². The smallest absolute Gasteiger partial charge is 0.267 e. The molecule has 96 valence electrons. The van der Waals surface area contributed by atoms with Crippen LogP contribution in [0.4, 0.5) is 0 Å². The Kier molecular flexibility index (Phi) is 3.96. The molecule has 0 heterocycles. The van der Waals surface area contributed by atoms with E-state index in [1.807, 2.05) is 0 Å². The molecule has 0 saturated heterocycles. The van der Waals surface area contributed by atoms with Crippen LogP contribution in [-0.4, -0.2) is 17.0 Å². The summed E-state index contributed by atoms with van der Waals surface area (Å²) < 4.78 is 0. The Hall–Kier alpha value is -2.04. The molecule has 1 aliphatic rings. The summed E-state index contributed by atoms with van der Waals surface area (Å²) in [5.41, 5.74) is -1.12. The average Bonchev–Trinajstić information content (AvgIpc) is 2.48. The number of rotatable bonds is 4. The van der Waals surface area contributed by atoms with Gasteiger partial charge in [-0.2, -0.15) is 0 Å². The molecule has 0 spiro atoms. The molecular weight excluding hydrogens is 234 g/mol. The van der Waals surface area contributed by atoms with E-state index in [2.05, 4.69) is 0 Å². The molecular formula is C13H15NO4. The van der Waals surface area contributed by atoms with Gasteiger partial charge < -0.3 is 0 Å². The van der Waals surface area contributed by atoms with E-state index >= 15 is 0 Å². The molecule has 0 aromatic carbocycles. The molecule has 0 saturated carbocycles. The number of Topliss-reactive ketones (excluding diaryl/α,β-unsaturated/α-hetero) is 1. The molecule has 0 aromatic heterocycles. The molecule has 5 heteroatoms. The minimum absolute atomic E-state index is 0.126.